The largest absolute Gasteiger partial charge is 0.395 e. The van der Waals surface area contributed by atoms with Crippen LogP contribution < -0.4 is 0 Å². The van der Waals surface area contributed by atoms with Crippen LogP contribution in [0.4, 0.5) is 0 Å². The lowest BCUT2D eigenvalue weighted by molar-refractivity contribution is 0.171. The molecule has 0 aromatic carbocycles. The fourth-order valence-corrected chi connectivity index (χ4v) is 1.59. The normalized spacial score (nSPS) is 23.7. The van der Waals surface area contributed by atoms with Crippen molar-refractivity contribution in [3.63, 3.8) is 0 Å². The van der Waals surface area contributed by atoms with Gasteiger partial charge in [0.25, 0.3) is 0 Å². The maximum Gasteiger partial charge on any atom is 0.0604 e. The van der Waals surface area contributed by atoms with Crippen molar-refractivity contribution >= 4 is 0 Å². The molecule has 0 spiro atoms. The monoisotopic (exact) mass is 167 g/mol. The molecule has 1 saturated heterocycles. The zero-order valence-corrected chi connectivity index (χ0v) is 7.71. The van der Waals surface area contributed by atoms with Crippen LogP contribution in [0.15, 0.2) is 0 Å². The summed E-state index contributed by atoms with van der Waals surface area (Å²) < 4.78 is 0. The van der Waals surface area contributed by atoms with Gasteiger partial charge in [-0.25, -0.2) is 0 Å². The number of aliphatic hydroxyl groups excluding tert-OH is 1. The number of nitrogens with zero attached hydrogens (tertiary/aromatic N) is 1. The third-order valence-corrected chi connectivity index (χ3v) is 2.29. The fourth-order valence-electron chi connectivity index (χ4n) is 1.59. The Bertz CT molecular complexity index is 180. The number of hydrogen-bond donors (Lipinski definition) is 1. The van der Waals surface area contributed by atoms with Crippen LogP contribution in [0.5, 0.6) is 0 Å². The highest BCUT2D eigenvalue weighted by atomic mass is 16.3. The van der Waals surface area contributed by atoms with Gasteiger partial charge in [-0.05, 0) is 19.4 Å². The average molecular weight is 167 g/mol. The van der Waals surface area contributed by atoms with Gasteiger partial charge in [0.05, 0.1) is 13.2 Å². The number of likely N-dealkylation sites (tertiary alicyclic amines) is 1. The van der Waals surface area contributed by atoms with Crippen molar-refractivity contribution in [2.45, 2.75) is 32.2 Å². The molecule has 0 aromatic rings. The second kappa shape index (κ2) is 5.18. The number of rotatable bonds is 2. The molecule has 12 heavy (non-hydrogen) atoms. The van der Waals surface area contributed by atoms with Crippen LogP contribution in [0.1, 0.15) is 26.2 Å². The van der Waals surface area contributed by atoms with Crippen molar-refractivity contribution in [2.24, 2.45) is 0 Å². The number of hydrogen-bond acceptors (Lipinski definition) is 2. The van der Waals surface area contributed by atoms with Gasteiger partial charge in [-0.1, -0.05) is 12.8 Å². The highest BCUT2D eigenvalue weighted by molar-refractivity contribution is 5.01. The molecule has 1 N–H and O–H groups in total. The Hall–Kier alpha value is -0.520. The fraction of sp³-hybridized carbons (Fsp3) is 0.800. The molecule has 1 atom stereocenters. The lowest BCUT2D eigenvalue weighted by Crippen LogP contribution is -2.32. The van der Waals surface area contributed by atoms with Gasteiger partial charge < -0.3 is 5.11 Å². The molecule has 0 aromatic heterocycles. The van der Waals surface area contributed by atoms with E-state index in [4.69, 9.17) is 5.11 Å². The van der Waals surface area contributed by atoms with E-state index in [2.05, 4.69) is 23.7 Å². The summed E-state index contributed by atoms with van der Waals surface area (Å²) in [6, 6.07) is 0.371. The van der Waals surface area contributed by atoms with Crippen molar-refractivity contribution in [3.05, 3.63) is 0 Å². The SMILES string of the molecule is CCC#CCN1CCC[C@H]1CO. The van der Waals surface area contributed by atoms with Crippen LogP contribution in [-0.4, -0.2) is 35.7 Å². The Labute approximate surface area is 74.6 Å². The summed E-state index contributed by atoms with van der Waals surface area (Å²) in [6.45, 7) is 4.27. The molecule has 2 heteroatoms. The smallest absolute Gasteiger partial charge is 0.0604 e. The van der Waals surface area contributed by atoms with E-state index in [9.17, 15) is 0 Å². The van der Waals surface area contributed by atoms with Crippen LogP contribution in [0.3, 0.4) is 0 Å². The summed E-state index contributed by atoms with van der Waals surface area (Å²) in [6.07, 6.45) is 3.26. The van der Waals surface area contributed by atoms with Crippen LogP contribution in [0, 0.1) is 11.8 Å². The Kier molecular flexibility index (Phi) is 4.13. The molecule has 1 heterocycles. The summed E-state index contributed by atoms with van der Waals surface area (Å²) in [5.41, 5.74) is 0. The van der Waals surface area contributed by atoms with Gasteiger partial charge in [-0.2, -0.15) is 0 Å². The first kappa shape index (κ1) is 9.57. The Morgan fingerprint density at radius 2 is 2.33 bits per heavy atom. The van der Waals surface area contributed by atoms with E-state index in [0.29, 0.717) is 6.04 Å². The summed E-state index contributed by atoms with van der Waals surface area (Å²) in [7, 11) is 0. The quantitative estimate of drug-likeness (QED) is 0.616. The third kappa shape index (κ3) is 2.51. The minimum atomic E-state index is 0.286. The predicted octanol–water partition coefficient (Wildman–Crippen LogP) is 0.856. The summed E-state index contributed by atoms with van der Waals surface area (Å²) in [4.78, 5) is 2.27. The lowest BCUT2D eigenvalue weighted by Gasteiger charge is -2.19. The Balaban J connectivity index is 2.30. The van der Waals surface area contributed by atoms with E-state index in [1.165, 1.54) is 6.42 Å². The zero-order valence-electron chi connectivity index (χ0n) is 7.71. The van der Waals surface area contributed by atoms with Crippen molar-refractivity contribution < 1.29 is 5.11 Å². The van der Waals surface area contributed by atoms with Gasteiger partial charge in [0.15, 0.2) is 0 Å². The first-order valence-electron chi connectivity index (χ1n) is 4.69. The summed E-state index contributed by atoms with van der Waals surface area (Å²) >= 11 is 0. The highest BCUT2D eigenvalue weighted by Crippen LogP contribution is 2.15. The maximum absolute atomic E-state index is 9.00. The molecule has 2 nitrogen and oxygen atoms in total. The van der Waals surface area contributed by atoms with Gasteiger partial charge >= 0.3 is 0 Å². The van der Waals surface area contributed by atoms with Crippen LogP contribution in [0.25, 0.3) is 0 Å². The summed E-state index contributed by atoms with van der Waals surface area (Å²) in [5, 5.41) is 9.00. The number of aliphatic hydroxyl groups is 1. The molecule has 1 aliphatic rings. The topological polar surface area (TPSA) is 23.5 Å². The first-order valence-corrected chi connectivity index (χ1v) is 4.69. The molecule has 68 valence electrons. The van der Waals surface area contributed by atoms with Crippen LogP contribution in [-0.2, 0) is 0 Å². The van der Waals surface area contributed by atoms with E-state index in [0.717, 1.165) is 25.9 Å². The van der Waals surface area contributed by atoms with E-state index in [1.54, 1.807) is 0 Å². The third-order valence-electron chi connectivity index (χ3n) is 2.29. The molecule has 1 fully saturated rings. The minimum Gasteiger partial charge on any atom is -0.395 e. The second-order valence-corrected chi connectivity index (χ2v) is 3.16. The van der Waals surface area contributed by atoms with Gasteiger partial charge in [0.2, 0.25) is 0 Å². The van der Waals surface area contributed by atoms with E-state index in [-0.39, 0.29) is 6.61 Å². The summed E-state index contributed by atoms with van der Waals surface area (Å²) in [5.74, 6) is 6.15. The Morgan fingerprint density at radius 1 is 1.50 bits per heavy atom. The standard InChI is InChI=1S/C10H17NO/c1-2-3-4-7-11-8-5-6-10(11)9-12/h10,12H,2,5-9H2,1H3/t10-/m0/s1. The maximum atomic E-state index is 9.00. The van der Waals surface area contributed by atoms with Crippen molar-refractivity contribution in [1.29, 1.82) is 0 Å². The molecule has 0 unspecified atom stereocenters. The first-order chi connectivity index (χ1) is 5.88. The van der Waals surface area contributed by atoms with Crippen LogP contribution in [0.2, 0.25) is 0 Å². The molecule has 0 saturated carbocycles. The molecular weight excluding hydrogens is 150 g/mol. The van der Waals surface area contributed by atoms with E-state index < -0.39 is 0 Å². The van der Waals surface area contributed by atoms with Gasteiger partial charge in [-0.3, -0.25) is 4.90 Å². The molecule has 1 rings (SSSR count). The second-order valence-electron chi connectivity index (χ2n) is 3.16. The zero-order chi connectivity index (χ0) is 8.81. The van der Waals surface area contributed by atoms with Gasteiger partial charge in [0.1, 0.15) is 0 Å². The molecule has 0 radical (unpaired) electrons. The van der Waals surface area contributed by atoms with E-state index >= 15 is 0 Å². The van der Waals surface area contributed by atoms with Crippen molar-refractivity contribution in [3.8, 4) is 11.8 Å². The molecule has 0 aliphatic carbocycles. The Morgan fingerprint density at radius 3 is 3.00 bits per heavy atom. The van der Waals surface area contributed by atoms with Crippen LogP contribution >= 0.6 is 0 Å². The molecule has 0 amide bonds. The average Bonchev–Trinajstić information content (AvgIpc) is 2.52. The van der Waals surface area contributed by atoms with Gasteiger partial charge in [-0.15, -0.1) is 5.92 Å². The molecule has 1 aliphatic heterocycles. The lowest BCUT2D eigenvalue weighted by atomic mass is 10.2. The molecule has 0 bridgehead atoms. The van der Waals surface area contributed by atoms with E-state index in [1.807, 2.05) is 0 Å². The van der Waals surface area contributed by atoms with Crippen molar-refractivity contribution in [2.75, 3.05) is 19.7 Å². The predicted molar refractivity (Wildman–Crippen MR) is 49.7 cm³/mol. The van der Waals surface area contributed by atoms with Crippen molar-refractivity contribution in [1.82, 2.24) is 4.90 Å². The van der Waals surface area contributed by atoms with Gasteiger partial charge in [0, 0.05) is 12.5 Å². The molecular formula is C10H17NO. The highest BCUT2D eigenvalue weighted by Gasteiger charge is 2.22. The minimum absolute atomic E-state index is 0.286.